The third kappa shape index (κ3) is 8.06. The number of nitrogens with zero attached hydrogens (tertiary/aromatic N) is 2. The molecule has 8 nitrogen and oxygen atoms in total. The number of sulfone groups is 1. The molecule has 0 saturated heterocycles. The first-order chi connectivity index (χ1) is 12.6. The van der Waals surface area contributed by atoms with Gasteiger partial charge in [0.25, 0.3) is 0 Å². The van der Waals surface area contributed by atoms with E-state index in [1.54, 1.807) is 6.07 Å². The van der Waals surface area contributed by atoms with Crippen molar-refractivity contribution >= 4 is 19.9 Å². The fourth-order valence-corrected chi connectivity index (χ4v) is 4.79. The maximum atomic E-state index is 12.3. The predicted octanol–water partition coefficient (Wildman–Crippen LogP) is 1.33. The SMILES string of the molecule is CC(C)OCCCNS(=O)(=O)CCCS(=O)(=O)c1ccc(C#N)c(C#N)c1. The summed E-state index contributed by atoms with van der Waals surface area (Å²) in [6.45, 7) is 4.44. The molecule has 0 unspecified atom stereocenters. The van der Waals surface area contributed by atoms with Crippen molar-refractivity contribution in [1.82, 2.24) is 4.72 Å². The molecular formula is C17H23N3O5S2. The van der Waals surface area contributed by atoms with Gasteiger partial charge in [-0.25, -0.2) is 21.6 Å². The minimum Gasteiger partial charge on any atom is -0.379 e. The van der Waals surface area contributed by atoms with Crippen LogP contribution in [0.15, 0.2) is 23.1 Å². The standard InChI is InChI=1S/C17H23N3O5S2/c1-14(2)25-8-3-7-20-27(23,24)10-4-9-26(21,22)17-6-5-15(12-18)16(11-17)13-19/h5-6,11,14,20H,3-4,7-10H2,1-2H3. The van der Waals surface area contributed by atoms with Gasteiger partial charge in [0, 0.05) is 13.2 Å². The molecule has 0 radical (unpaired) electrons. The number of sulfonamides is 1. The van der Waals surface area contributed by atoms with E-state index in [4.69, 9.17) is 15.3 Å². The van der Waals surface area contributed by atoms with E-state index in [9.17, 15) is 16.8 Å². The molecule has 0 amide bonds. The van der Waals surface area contributed by atoms with Crippen LogP contribution in [0.3, 0.4) is 0 Å². The Labute approximate surface area is 160 Å². The number of hydrogen-bond acceptors (Lipinski definition) is 7. The van der Waals surface area contributed by atoms with Crippen molar-refractivity contribution in [1.29, 1.82) is 10.5 Å². The van der Waals surface area contributed by atoms with Gasteiger partial charge in [-0.1, -0.05) is 0 Å². The zero-order valence-corrected chi connectivity index (χ0v) is 16.9. The van der Waals surface area contributed by atoms with Crippen LogP contribution in [-0.4, -0.2) is 47.6 Å². The molecule has 10 heteroatoms. The van der Waals surface area contributed by atoms with Gasteiger partial charge in [0.05, 0.1) is 33.6 Å². The van der Waals surface area contributed by atoms with Crippen molar-refractivity contribution in [3.05, 3.63) is 29.3 Å². The minimum atomic E-state index is -3.75. The fourth-order valence-electron chi connectivity index (χ4n) is 2.15. The van der Waals surface area contributed by atoms with E-state index in [2.05, 4.69) is 4.72 Å². The molecule has 1 rings (SSSR count). The number of hydrogen-bond donors (Lipinski definition) is 1. The first-order valence-electron chi connectivity index (χ1n) is 8.37. The van der Waals surface area contributed by atoms with Crippen LogP contribution in [0.1, 0.15) is 37.8 Å². The maximum absolute atomic E-state index is 12.3. The zero-order chi connectivity index (χ0) is 20.5. The lowest BCUT2D eigenvalue weighted by Gasteiger charge is -2.09. The van der Waals surface area contributed by atoms with Crippen molar-refractivity contribution in [3.63, 3.8) is 0 Å². The third-order valence-electron chi connectivity index (χ3n) is 3.51. The molecule has 148 valence electrons. The second-order valence-corrected chi connectivity index (χ2v) is 10.1. The van der Waals surface area contributed by atoms with Gasteiger partial charge in [0.2, 0.25) is 10.0 Å². The van der Waals surface area contributed by atoms with E-state index in [0.29, 0.717) is 13.0 Å². The van der Waals surface area contributed by atoms with Crippen molar-refractivity contribution in [3.8, 4) is 12.1 Å². The molecule has 0 saturated carbocycles. The summed E-state index contributed by atoms with van der Waals surface area (Å²) in [5.74, 6) is -0.695. The lowest BCUT2D eigenvalue weighted by Crippen LogP contribution is -2.29. The van der Waals surface area contributed by atoms with Crippen molar-refractivity contribution in [2.45, 2.75) is 37.7 Å². The maximum Gasteiger partial charge on any atom is 0.211 e. The van der Waals surface area contributed by atoms with Gasteiger partial charge < -0.3 is 4.74 Å². The minimum absolute atomic E-state index is 0.0310. The summed E-state index contributed by atoms with van der Waals surface area (Å²) in [5, 5.41) is 17.9. The number of nitriles is 2. The van der Waals surface area contributed by atoms with E-state index < -0.39 is 19.9 Å². The van der Waals surface area contributed by atoms with Gasteiger partial charge in [-0.3, -0.25) is 0 Å². The highest BCUT2D eigenvalue weighted by Gasteiger charge is 2.18. The van der Waals surface area contributed by atoms with Crippen molar-refractivity contribution < 1.29 is 21.6 Å². The average Bonchev–Trinajstić information content (AvgIpc) is 2.60. The summed E-state index contributed by atoms with van der Waals surface area (Å²) in [6.07, 6.45) is 0.524. The number of benzene rings is 1. The molecule has 1 aromatic carbocycles. The molecule has 0 aromatic heterocycles. The highest BCUT2D eigenvalue weighted by molar-refractivity contribution is 7.91. The molecule has 1 N–H and O–H groups in total. The zero-order valence-electron chi connectivity index (χ0n) is 15.3. The van der Waals surface area contributed by atoms with Crippen LogP contribution in [0.25, 0.3) is 0 Å². The van der Waals surface area contributed by atoms with Gasteiger partial charge in [0.1, 0.15) is 12.1 Å². The normalized spacial score (nSPS) is 11.9. The molecule has 0 heterocycles. The Hall–Kier alpha value is -1.98. The highest BCUT2D eigenvalue weighted by atomic mass is 32.2. The molecule has 0 aliphatic rings. The monoisotopic (exact) mass is 413 g/mol. The highest BCUT2D eigenvalue weighted by Crippen LogP contribution is 2.17. The van der Waals surface area contributed by atoms with Crippen LogP contribution >= 0.6 is 0 Å². The molecule has 0 bridgehead atoms. The predicted molar refractivity (Wildman–Crippen MR) is 100 cm³/mol. The largest absolute Gasteiger partial charge is 0.379 e. The van der Waals surface area contributed by atoms with E-state index in [0.717, 1.165) is 6.07 Å². The van der Waals surface area contributed by atoms with Gasteiger partial charge in [-0.05, 0) is 44.9 Å². The molecule has 0 atom stereocenters. The van der Waals surface area contributed by atoms with Gasteiger partial charge >= 0.3 is 0 Å². The molecule has 0 spiro atoms. The molecule has 27 heavy (non-hydrogen) atoms. The summed E-state index contributed by atoms with van der Waals surface area (Å²) in [5.41, 5.74) is 0.0566. The Morgan fingerprint density at radius 3 is 2.30 bits per heavy atom. The average molecular weight is 414 g/mol. The molecule has 0 aliphatic heterocycles. The fraction of sp³-hybridized carbons (Fsp3) is 0.529. The van der Waals surface area contributed by atoms with E-state index >= 15 is 0 Å². The molecule has 0 fully saturated rings. The lowest BCUT2D eigenvalue weighted by molar-refractivity contribution is 0.0778. The summed E-state index contributed by atoms with van der Waals surface area (Å²) in [6, 6.07) is 7.23. The summed E-state index contributed by atoms with van der Waals surface area (Å²) in [4.78, 5) is -0.103. The van der Waals surface area contributed by atoms with E-state index in [1.807, 2.05) is 19.9 Å². The van der Waals surface area contributed by atoms with Crippen LogP contribution in [0.5, 0.6) is 0 Å². The topological polar surface area (TPSA) is 137 Å². The van der Waals surface area contributed by atoms with Gasteiger partial charge in [0.15, 0.2) is 9.84 Å². The second-order valence-electron chi connectivity index (χ2n) is 6.09. The lowest BCUT2D eigenvalue weighted by atomic mass is 10.1. The van der Waals surface area contributed by atoms with Gasteiger partial charge in [-0.2, -0.15) is 10.5 Å². The van der Waals surface area contributed by atoms with Crippen molar-refractivity contribution in [2.24, 2.45) is 0 Å². The summed E-state index contributed by atoms with van der Waals surface area (Å²) < 4.78 is 56.2. The number of rotatable bonds is 11. The van der Waals surface area contributed by atoms with Crippen LogP contribution in [0.4, 0.5) is 0 Å². The molecular weight excluding hydrogens is 390 g/mol. The quantitative estimate of drug-likeness (QED) is 0.540. The Kier molecular flexibility index (Phi) is 8.86. The smallest absolute Gasteiger partial charge is 0.211 e. The number of nitrogens with one attached hydrogen (secondary N) is 1. The van der Waals surface area contributed by atoms with Crippen molar-refractivity contribution in [2.75, 3.05) is 24.7 Å². The van der Waals surface area contributed by atoms with Crippen LogP contribution < -0.4 is 4.72 Å². The number of ether oxygens (including phenoxy) is 1. The second kappa shape index (κ2) is 10.4. The first kappa shape index (κ1) is 23.1. The van der Waals surface area contributed by atoms with E-state index in [1.165, 1.54) is 12.1 Å². The Morgan fingerprint density at radius 2 is 1.70 bits per heavy atom. The summed E-state index contributed by atoms with van der Waals surface area (Å²) >= 11 is 0. The van der Waals surface area contributed by atoms with Crippen LogP contribution in [0.2, 0.25) is 0 Å². The summed E-state index contributed by atoms with van der Waals surface area (Å²) in [7, 11) is -7.33. The third-order valence-corrected chi connectivity index (χ3v) is 6.78. The molecule has 0 aliphatic carbocycles. The van der Waals surface area contributed by atoms with Gasteiger partial charge in [-0.15, -0.1) is 0 Å². The Bertz CT molecular complexity index is 926. The van der Waals surface area contributed by atoms with E-state index in [-0.39, 0.29) is 46.6 Å². The Morgan fingerprint density at radius 1 is 1.04 bits per heavy atom. The first-order valence-corrected chi connectivity index (χ1v) is 11.7. The van der Waals surface area contributed by atoms with Crippen LogP contribution in [-0.2, 0) is 24.6 Å². The molecule has 1 aromatic rings. The Balaban J connectivity index is 2.57. The van der Waals surface area contributed by atoms with Crippen LogP contribution in [0, 0.1) is 22.7 Å².